The predicted octanol–water partition coefficient (Wildman–Crippen LogP) is 1.74. The van der Waals surface area contributed by atoms with Crippen molar-refractivity contribution < 1.29 is 9.59 Å². The smallest absolute Gasteiger partial charge is 0.224 e. The molecule has 1 rings (SSSR count). The number of amides is 2. The van der Waals surface area contributed by atoms with Gasteiger partial charge in [-0.3, -0.25) is 9.59 Å². The lowest BCUT2D eigenvalue weighted by atomic mass is 10.2. The van der Waals surface area contributed by atoms with Crippen molar-refractivity contribution in [1.82, 2.24) is 10.2 Å². The quantitative estimate of drug-likeness (QED) is 0.806. The standard InChI is InChI=1S/C14H20ClN3O2/c1-18(2)10-9-16-13(19)7-8-14(20)17-12-5-3-11(15)4-6-12/h3-6H,7-10H2,1-2H3,(H,16,19)(H,17,20). The van der Waals surface area contributed by atoms with E-state index in [4.69, 9.17) is 11.6 Å². The molecule has 0 aliphatic carbocycles. The van der Waals surface area contributed by atoms with E-state index in [0.29, 0.717) is 17.3 Å². The molecule has 2 N–H and O–H groups in total. The first-order valence-corrected chi connectivity index (χ1v) is 6.82. The number of anilines is 1. The predicted molar refractivity (Wildman–Crippen MR) is 80.9 cm³/mol. The molecule has 2 amide bonds. The molecule has 0 fully saturated rings. The average Bonchev–Trinajstić information content (AvgIpc) is 2.39. The Morgan fingerprint density at radius 1 is 1.10 bits per heavy atom. The number of hydrogen-bond donors (Lipinski definition) is 2. The summed E-state index contributed by atoms with van der Waals surface area (Å²) in [5.41, 5.74) is 0.674. The van der Waals surface area contributed by atoms with Crippen LogP contribution in [0.4, 0.5) is 5.69 Å². The van der Waals surface area contributed by atoms with Crippen molar-refractivity contribution in [3.63, 3.8) is 0 Å². The Balaban J connectivity index is 2.22. The van der Waals surface area contributed by atoms with Crippen LogP contribution in [0.15, 0.2) is 24.3 Å². The highest BCUT2D eigenvalue weighted by atomic mass is 35.5. The molecule has 0 aromatic heterocycles. The number of benzene rings is 1. The Bertz CT molecular complexity index is 446. The van der Waals surface area contributed by atoms with Gasteiger partial charge in [0.15, 0.2) is 0 Å². The molecule has 0 bridgehead atoms. The number of rotatable bonds is 7. The summed E-state index contributed by atoms with van der Waals surface area (Å²) in [4.78, 5) is 25.1. The molecule has 0 saturated heterocycles. The minimum atomic E-state index is -0.185. The Hall–Kier alpha value is -1.59. The largest absolute Gasteiger partial charge is 0.355 e. The summed E-state index contributed by atoms with van der Waals surface area (Å²) in [6.45, 7) is 1.37. The lowest BCUT2D eigenvalue weighted by molar-refractivity contribution is -0.124. The number of nitrogens with zero attached hydrogens (tertiary/aromatic N) is 1. The fraction of sp³-hybridized carbons (Fsp3) is 0.429. The van der Waals surface area contributed by atoms with Crippen LogP contribution in [0.2, 0.25) is 5.02 Å². The minimum Gasteiger partial charge on any atom is -0.355 e. The number of nitrogens with one attached hydrogen (secondary N) is 2. The van der Waals surface area contributed by atoms with Crippen LogP contribution >= 0.6 is 11.6 Å². The Labute approximate surface area is 124 Å². The van der Waals surface area contributed by atoms with Gasteiger partial charge in [-0.05, 0) is 38.4 Å². The van der Waals surface area contributed by atoms with Crippen LogP contribution in [0, 0.1) is 0 Å². The first-order chi connectivity index (χ1) is 9.47. The second kappa shape index (κ2) is 8.55. The van der Waals surface area contributed by atoms with Crippen molar-refractivity contribution in [2.45, 2.75) is 12.8 Å². The maximum atomic E-state index is 11.7. The zero-order valence-corrected chi connectivity index (χ0v) is 12.5. The van der Waals surface area contributed by atoms with Crippen LogP contribution in [0.25, 0.3) is 0 Å². The summed E-state index contributed by atoms with van der Waals surface area (Å²) in [5, 5.41) is 6.09. The second-order valence-electron chi connectivity index (χ2n) is 4.71. The van der Waals surface area contributed by atoms with Gasteiger partial charge in [-0.1, -0.05) is 11.6 Å². The molecule has 110 valence electrons. The zero-order chi connectivity index (χ0) is 15.0. The fourth-order valence-electron chi connectivity index (χ4n) is 1.49. The molecule has 0 heterocycles. The van der Waals surface area contributed by atoms with Crippen LogP contribution < -0.4 is 10.6 Å². The molecule has 0 saturated carbocycles. The van der Waals surface area contributed by atoms with E-state index in [1.54, 1.807) is 24.3 Å². The molecule has 0 radical (unpaired) electrons. The SMILES string of the molecule is CN(C)CCNC(=O)CCC(=O)Nc1ccc(Cl)cc1. The molecule has 0 atom stereocenters. The van der Waals surface area contributed by atoms with Crippen LogP contribution in [-0.4, -0.2) is 43.9 Å². The average molecular weight is 298 g/mol. The van der Waals surface area contributed by atoms with Crippen LogP contribution in [0.5, 0.6) is 0 Å². The monoisotopic (exact) mass is 297 g/mol. The molecule has 5 nitrogen and oxygen atoms in total. The molecule has 0 aliphatic rings. The van der Waals surface area contributed by atoms with Crippen molar-refractivity contribution in [3.05, 3.63) is 29.3 Å². The maximum absolute atomic E-state index is 11.7. The molecule has 1 aromatic carbocycles. The van der Waals surface area contributed by atoms with E-state index >= 15 is 0 Å². The first kappa shape index (κ1) is 16.5. The summed E-state index contributed by atoms with van der Waals surface area (Å²) in [6, 6.07) is 6.84. The van der Waals surface area contributed by atoms with Crippen LogP contribution in [0.3, 0.4) is 0 Å². The number of likely N-dealkylation sites (N-methyl/N-ethyl adjacent to an activating group) is 1. The Morgan fingerprint density at radius 2 is 1.70 bits per heavy atom. The van der Waals surface area contributed by atoms with E-state index in [1.807, 2.05) is 19.0 Å². The van der Waals surface area contributed by atoms with Crippen molar-refractivity contribution >= 4 is 29.1 Å². The normalized spacial score (nSPS) is 10.4. The van der Waals surface area contributed by atoms with Gasteiger partial charge in [0, 0.05) is 36.6 Å². The third kappa shape index (κ3) is 7.11. The van der Waals surface area contributed by atoms with E-state index in [0.717, 1.165) is 6.54 Å². The minimum absolute atomic E-state index is 0.113. The molecule has 0 aliphatic heterocycles. The lowest BCUT2D eigenvalue weighted by Gasteiger charge is -2.10. The van der Waals surface area contributed by atoms with E-state index < -0.39 is 0 Å². The van der Waals surface area contributed by atoms with Crippen molar-refractivity contribution in [1.29, 1.82) is 0 Å². The second-order valence-corrected chi connectivity index (χ2v) is 5.14. The van der Waals surface area contributed by atoms with E-state index in [9.17, 15) is 9.59 Å². The van der Waals surface area contributed by atoms with Gasteiger partial charge in [-0.2, -0.15) is 0 Å². The zero-order valence-electron chi connectivity index (χ0n) is 11.8. The summed E-state index contributed by atoms with van der Waals surface area (Å²) in [7, 11) is 3.87. The van der Waals surface area contributed by atoms with Gasteiger partial charge >= 0.3 is 0 Å². The number of hydrogen-bond acceptors (Lipinski definition) is 3. The van der Waals surface area contributed by atoms with Crippen molar-refractivity contribution in [3.8, 4) is 0 Å². The Kier molecular flexibility index (Phi) is 7.04. The fourth-order valence-corrected chi connectivity index (χ4v) is 1.62. The van der Waals surface area contributed by atoms with E-state index in [2.05, 4.69) is 10.6 Å². The molecule has 1 aromatic rings. The molecule has 0 spiro atoms. The maximum Gasteiger partial charge on any atom is 0.224 e. The van der Waals surface area contributed by atoms with E-state index in [-0.39, 0.29) is 24.7 Å². The molecule has 0 unspecified atom stereocenters. The van der Waals surface area contributed by atoms with Crippen LogP contribution in [-0.2, 0) is 9.59 Å². The highest BCUT2D eigenvalue weighted by Gasteiger charge is 2.07. The van der Waals surface area contributed by atoms with Gasteiger partial charge in [0.05, 0.1) is 0 Å². The van der Waals surface area contributed by atoms with Gasteiger partial charge in [0.1, 0.15) is 0 Å². The van der Waals surface area contributed by atoms with Crippen molar-refractivity contribution in [2.24, 2.45) is 0 Å². The van der Waals surface area contributed by atoms with Crippen LogP contribution in [0.1, 0.15) is 12.8 Å². The highest BCUT2D eigenvalue weighted by molar-refractivity contribution is 6.30. The lowest BCUT2D eigenvalue weighted by Crippen LogP contribution is -2.31. The summed E-state index contributed by atoms with van der Waals surface area (Å²) in [6.07, 6.45) is 0.350. The summed E-state index contributed by atoms with van der Waals surface area (Å²) in [5.74, 6) is -0.298. The van der Waals surface area contributed by atoms with Gasteiger partial charge in [-0.15, -0.1) is 0 Å². The molecular formula is C14H20ClN3O2. The number of carbonyl (C=O) groups excluding carboxylic acids is 2. The Morgan fingerprint density at radius 3 is 2.30 bits per heavy atom. The molecular weight excluding hydrogens is 278 g/mol. The van der Waals surface area contributed by atoms with Crippen molar-refractivity contribution in [2.75, 3.05) is 32.5 Å². The topological polar surface area (TPSA) is 61.4 Å². The third-order valence-corrected chi connectivity index (χ3v) is 2.84. The van der Waals surface area contributed by atoms with Gasteiger partial charge in [0.25, 0.3) is 0 Å². The molecule has 6 heteroatoms. The molecule has 20 heavy (non-hydrogen) atoms. The number of halogens is 1. The van der Waals surface area contributed by atoms with Gasteiger partial charge in [0.2, 0.25) is 11.8 Å². The number of carbonyl (C=O) groups is 2. The summed E-state index contributed by atoms with van der Waals surface area (Å²) >= 11 is 5.75. The first-order valence-electron chi connectivity index (χ1n) is 6.44. The summed E-state index contributed by atoms with van der Waals surface area (Å²) < 4.78 is 0. The van der Waals surface area contributed by atoms with E-state index in [1.165, 1.54) is 0 Å². The highest BCUT2D eigenvalue weighted by Crippen LogP contribution is 2.13. The van der Waals surface area contributed by atoms with Gasteiger partial charge in [-0.25, -0.2) is 0 Å². The van der Waals surface area contributed by atoms with Gasteiger partial charge < -0.3 is 15.5 Å². The third-order valence-electron chi connectivity index (χ3n) is 2.59.